The van der Waals surface area contributed by atoms with E-state index in [2.05, 4.69) is 10.6 Å². The van der Waals surface area contributed by atoms with Gasteiger partial charge in [-0.05, 0) is 42.5 Å². The molecule has 0 aliphatic heterocycles. The van der Waals surface area contributed by atoms with Crippen molar-refractivity contribution in [1.29, 1.82) is 0 Å². The Kier molecular flexibility index (Phi) is 7.09. The minimum absolute atomic E-state index is 0.134. The van der Waals surface area contributed by atoms with E-state index in [0.29, 0.717) is 12.0 Å². The Morgan fingerprint density at radius 3 is 2.37 bits per heavy atom. The molecule has 6 nitrogen and oxygen atoms in total. The lowest BCUT2D eigenvalue weighted by Gasteiger charge is -2.18. The maximum absolute atomic E-state index is 13.2. The molecule has 2 rings (SSSR count). The van der Waals surface area contributed by atoms with E-state index in [9.17, 15) is 22.4 Å². The molecule has 146 valence electrons. The third kappa shape index (κ3) is 5.36. The molecule has 0 bridgehead atoms. The Morgan fingerprint density at radius 2 is 1.81 bits per heavy atom. The smallest absolute Gasteiger partial charge is 0.309 e. The van der Waals surface area contributed by atoms with Crippen molar-refractivity contribution in [3.05, 3.63) is 53.2 Å². The summed E-state index contributed by atoms with van der Waals surface area (Å²) >= 11 is 1.05. The maximum Gasteiger partial charge on any atom is 0.309 e. The van der Waals surface area contributed by atoms with Crippen LogP contribution in [0.2, 0.25) is 0 Å². The van der Waals surface area contributed by atoms with Gasteiger partial charge in [-0.1, -0.05) is 25.1 Å². The fourth-order valence-electron chi connectivity index (χ4n) is 2.31. The summed E-state index contributed by atoms with van der Waals surface area (Å²) in [5.74, 6) is -2.23. The van der Waals surface area contributed by atoms with Gasteiger partial charge in [-0.3, -0.25) is 9.59 Å². The molecule has 1 aromatic heterocycles. The molecular formula is C18H21FN2O4S2. The highest BCUT2D eigenvalue weighted by Gasteiger charge is 2.31. The van der Waals surface area contributed by atoms with Gasteiger partial charge in [-0.15, -0.1) is 11.3 Å². The Labute approximate surface area is 161 Å². The maximum atomic E-state index is 13.2. The molecule has 0 aliphatic rings. The molecule has 0 aliphatic carbocycles. The van der Waals surface area contributed by atoms with Gasteiger partial charge in [0.1, 0.15) is 15.3 Å². The van der Waals surface area contributed by atoms with Crippen LogP contribution in [0.5, 0.6) is 0 Å². The molecule has 1 aromatic carbocycles. The van der Waals surface area contributed by atoms with Gasteiger partial charge in [0.15, 0.2) is 9.84 Å². The summed E-state index contributed by atoms with van der Waals surface area (Å²) in [5.41, 5.74) is 0.326. The largest absolute Gasteiger partial charge is 0.346 e. The first-order chi connectivity index (χ1) is 12.8. The van der Waals surface area contributed by atoms with Gasteiger partial charge >= 0.3 is 11.8 Å². The second kappa shape index (κ2) is 9.09. The molecule has 27 heavy (non-hydrogen) atoms. The topological polar surface area (TPSA) is 92.3 Å². The normalized spacial score (nSPS) is 13.6. The highest BCUT2D eigenvalue weighted by Crippen LogP contribution is 2.31. The Morgan fingerprint density at radius 1 is 1.15 bits per heavy atom. The molecule has 0 radical (unpaired) electrons. The highest BCUT2D eigenvalue weighted by molar-refractivity contribution is 7.93. The number of amides is 2. The molecular weight excluding hydrogens is 391 g/mol. The number of nitrogens with one attached hydrogen (secondary N) is 2. The lowest BCUT2D eigenvalue weighted by molar-refractivity contribution is -0.139. The van der Waals surface area contributed by atoms with E-state index in [-0.39, 0.29) is 16.8 Å². The quantitative estimate of drug-likeness (QED) is 0.683. The van der Waals surface area contributed by atoms with Crippen molar-refractivity contribution in [2.24, 2.45) is 0 Å². The first kappa shape index (κ1) is 21.0. The predicted octanol–water partition coefficient (Wildman–Crippen LogP) is 2.43. The third-order valence-corrected chi connectivity index (χ3v) is 7.57. The number of carbonyl (C=O) groups is 2. The molecule has 1 heterocycles. The van der Waals surface area contributed by atoms with Crippen LogP contribution in [0.1, 0.15) is 31.1 Å². The van der Waals surface area contributed by atoms with Gasteiger partial charge < -0.3 is 10.6 Å². The predicted molar refractivity (Wildman–Crippen MR) is 102 cm³/mol. The Hall–Kier alpha value is -2.26. The number of rotatable bonds is 7. The Balaban J connectivity index is 2.22. The van der Waals surface area contributed by atoms with Crippen molar-refractivity contribution in [2.75, 3.05) is 6.54 Å². The average molecular weight is 413 g/mol. The van der Waals surface area contributed by atoms with Crippen LogP contribution < -0.4 is 10.6 Å². The zero-order chi connectivity index (χ0) is 20.0. The summed E-state index contributed by atoms with van der Waals surface area (Å²) in [6, 6.07) is 7.93. The van der Waals surface area contributed by atoms with Crippen LogP contribution in [-0.4, -0.2) is 32.8 Å². The van der Waals surface area contributed by atoms with Crippen molar-refractivity contribution < 1.29 is 22.4 Å². The Bertz CT molecular complexity index is 881. The standard InChI is InChI=1S/C18H21FN2O4S2/c1-3-12(2)21-18(23)17(22)20-11-15(13-6-8-14(19)9-7-13)27(24,25)16-5-4-10-26-16/h4-10,12,15H,3,11H2,1-2H3,(H,20,22)(H,21,23)/t12-,15-/m1/s1. The van der Waals surface area contributed by atoms with Gasteiger partial charge in [-0.2, -0.15) is 0 Å². The number of benzene rings is 1. The fourth-order valence-corrected chi connectivity index (χ4v) is 5.17. The fraction of sp³-hybridized carbons (Fsp3) is 0.333. The van der Waals surface area contributed by atoms with Crippen LogP contribution in [-0.2, 0) is 19.4 Å². The number of thiophene rings is 1. The second-order valence-electron chi connectivity index (χ2n) is 6.01. The first-order valence-corrected chi connectivity index (χ1v) is 10.8. The van der Waals surface area contributed by atoms with Crippen molar-refractivity contribution in [2.45, 2.75) is 35.8 Å². The number of hydrogen-bond acceptors (Lipinski definition) is 5. The van der Waals surface area contributed by atoms with Gasteiger partial charge in [0.05, 0.1) is 0 Å². The molecule has 2 amide bonds. The number of carbonyl (C=O) groups excluding carboxylic acids is 2. The van der Waals surface area contributed by atoms with Gasteiger partial charge in [0, 0.05) is 12.6 Å². The molecule has 0 fully saturated rings. The van der Waals surface area contributed by atoms with Crippen LogP contribution in [0, 0.1) is 5.82 Å². The number of halogens is 1. The van der Waals surface area contributed by atoms with Gasteiger partial charge in [-0.25, -0.2) is 12.8 Å². The molecule has 0 spiro atoms. The van der Waals surface area contributed by atoms with E-state index in [0.717, 1.165) is 23.5 Å². The molecule has 0 unspecified atom stereocenters. The van der Waals surface area contributed by atoms with Crippen LogP contribution in [0.4, 0.5) is 4.39 Å². The summed E-state index contributed by atoms with van der Waals surface area (Å²) in [7, 11) is -3.82. The molecule has 2 N–H and O–H groups in total. The van der Waals surface area contributed by atoms with Crippen LogP contribution in [0.3, 0.4) is 0 Å². The van der Waals surface area contributed by atoms with E-state index in [1.807, 2.05) is 6.92 Å². The molecule has 0 saturated heterocycles. The van der Waals surface area contributed by atoms with Crippen molar-refractivity contribution in [3.63, 3.8) is 0 Å². The van der Waals surface area contributed by atoms with Gasteiger partial charge in [0.2, 0.25) is 0 Å². The van der Waals surface area contributed by atoms with Crippen LogP contribution in [0.25, 0.3) is 0 Å². The summed E-state index contributed by atoms with van der Waals surface area (Å²) in [6.45, 7) is 3.31. The minimum Gasteiger partial charge on any atom is -0.346 e. The molecule has 9 heteroatoms. The lowest BCUT2D eigenvalue weighted by Crippen LogP contribution is -2.45. The minimum atomic E-state index is -3.82. The van der Waals surface area contributed by atoms with Crippen LogP contribution in [0.15, 0.2) is 46.0 Å². The zero-order valence-corrected chi connectivity index (χ0v) is 16.6. The van der Waals surface area contributed by atoms with Crippen molar-refractivity contribution in [1.82, 2.24) is 10.6 Å². The van der Waals surface area contributed by atoms with Crippen molar-refractivity contribution in [3.8, 4) is 0 Å². The van der Waals surface area contributed by atoms with E-state index < -0.39 is 32.7 Å². The molecule has 0 saturated carbocycles. The van der Waals surface area contributed by atoms with E-state index in [1.54, 1.807) is 18.4 Å². The lowest BCUT2D eigenvalue weighted by atomic mass is 10.1. The average Bonchev–Trinajstić information content (AvgIpc) is 3.18. The van der Waals surface area contributed by atoms with E-state index >= 15 is 0 Å². The highest BCUT2D eigenvalue weighted by atomic mass is 32.2. The van der Waals surface area contributed by atoms with E-state index in [4.69, 9.17) is 0 Å². The van der Waals surface area contributed by atoms with Crippen molar-refractivity contribution >= 4 is 33.0 Å². The van der Waals surface area contributed by atoms with Crippen LogP contribution >= 0.6 is 11.3 Å². The first-order valence-electron chi connectivity index (χ1n) is 8.37. The monoisotopic (exact) mass is 412 g/mol. The third-order valence-electron chi connectivity index (χ3n) is 4.04. The number of sulfone groups is 1. The zero-order valence-electron chi connectivity index (χ0n) is 14.9. The molecule has 2 aromatic rings. The second-order valence-corrected chi connectivity index (χ2v) is 9.32. The molecule has 2 atom stereocenters. The van der Waals surface area contributed by atoms with E-state index in [1.165, 1.54) is 18.2 Å². The summed E-state index contributed by atoms with van der Waals surface area (Å²) in [5, 5.41) is 5.38. The summed E-state index contributed by atoms with van der Waals surface area (Å²) < 4.78 is 39.3. The SMILES string of the molecule is CC[C@@H](C)NC(=O)C(=O)NC[C@H](c1ccc(F)cc1)S(=O)(=O)c1cccs1. The summed E-state index contributed by atoms with van der Waals surface area (Å²) in [6.07, 6.45) is 0.657. The number of hydrogen-bond donors (Lipinski definition) is 2. The summed E-state index contributed by atoms with van der Waals surface area (Å²) in [4.78, 5) is 23.9. The van der Waals surface area contributed by atoms with Gasteiger partial charge in [0.25, 0.3) is 0 Å².